The number of alkyl halides is 3. The SMILES string of the molecule is O=C(Nc1cccc(C(F)(F)F)c1)Nc1ccc2cc(C(=O)NC3CN4CCC3CC4)sc2c1. The van der Waals surface area contributed by atoms with Crippen LogP contribution in [-0.4, -0.2) is 42.5 Å². The van der Waals surface area contributed by atoms with Gasteiger partial charge in [-0.15, -0.1) is 11.3 Å². The van der Waals surface area contributed by atoms with Crippen LogP contribution in [0.4, 0.5) is 29.3 Å². The lowest BCUT2D eigenvalue weighted by molar-refractivity contribution is -0.137. The summed E-state index contributed by atoms with van der Waals surface area (Å²) in [6.07, 6.45) is -2.25. The molecule has 6 nitrogen and oxygen atoms in total. The monoisotopic (exact) mass is 488 g/mol. The Morgan fingerprint density at radius 3 is 2.38 bits per heavy atom. The van der Waals surface area contributed by atoms with Gasteiger partial charge in [-0.1, -0.05) is 12.1 Å². The first kappa shape index (κ1) is 22.7. The first-order chi connectivity index (χ1) is 16.2. The molecule has 2 bridgehead atoms. The summed E-state index contributed by atoms with van der Waals surface area (Å²) in [5, 5.41) is 9.12. The van der Waals surface area contributed by atoms with Gasteiger partial charge in [-0.2, -0.15) is 13.2 Å². The Kier molecular flexibility index (Phi) is 5.95. The van der Waals surface area contributed by atoms with Crippen molar-refractivity contribution >= 4 is 44.7 Å². The first-order valence-electron chi connectivity index (χ1n) is 11.1. The summed E-state index contributed by atoms with van der Waals surface area (Å²) in [4.78, 5) is 28.1. The predicted molar refractivity (Wildman–Crippen MR) is 126 cm³/mol. The van der Waals surface area contributed by atoms with Crippen molar-refractivity contribution in [3.63, 3.8) is 0 Å². The lowest BCUT2D eigenvalue weighted by Gasteiger charge is -2.44. The molecule has 10 heteroatoms. The van der Waals surface area contributed by atoms with Crippen molar-refractivity contribution < 1.29 is 22.8 Å². The topological polar surface area (TPSA) is 73.5 Å². The summed E-state index contributed by atoms with van der Waals surface area (Å²) >= 11 is 1.34. The van der Waals surface area contributed by atoms with E-state index in [1.807, 2.05) is 6.07 Å². The van der Waals surface area contributed by atoms with Gasteiger partial charge < -0.3 is 20.9 Å². The van der Waals surface area contributed by atoms with E-state index in [0.717, 1.165) is 54.7 Å². The molecule has 2 aromatic carbocycles. The molecule has 0 radical (unpaired) electrons. The van der Waals surface area contributed by atoms with Crippen LogP contribution < -0.4 is 16.0 Å². The number of fused-ring (bicyclic) bond motifs is 4. The molecular formula is C24H23F3N4O2S. The van der Waals surface area contributed by atoms with Crippen LogP contribution in [0.15, 0.2) is 48.5 Å². The Morgan fingerprint density at radius 1 is 0.971 bits per heavy atom. The highest BCUT2D eigenvalue weighted by atomic mass is 32.1. The number of piperidine rings is 3. The number of hydrogen-bond donors (Lipinski definition) is 3. The van der Waals surface area contributed by atoms with Crippen molar-refractivity contribution in [1.82, 2.24) is 10.2 Å². The third-order valence-electron chi connectivity index (χ3n) is 6.42. The minimum atomic E-state index is -4.49. The van der Waals surface area contributed by atoms with Crippen molar-refractivity contribution in [1.29, 1.82) is 0 Å². The molecule has 3 aliphatic heterocycles. The van der Waals surface area contributed by atoms with Crippen molar-refractivity contribution in [2.45, 2.75) is 25.1 Å². The molecule has 1 atom stereocenters. The Balaban J connectivity index is 1.24. The highest BCUT2D eigenvalue weighted by molar-refractivity contribution is 7.20. The van der Waals surface area contributed by atoms with Crippen LogP contribution in [0.3, 0.4) is 0 Å². The van der Waals surface area contributed by atoms with Gasteiger partial charge in [-0.05, 0) is 73.6 Å². The number of rotatable bonds is 4. The average molecular weight is 489 g/mol. The first-order valence-corrected chi connectivity index (χ1v) is 11.9. The molecule has 34 heavy (non-hydrogen) atoms. The van der Waals surface area contributed by atoms with Gasteiger partial charge in [0.1, 0.15) is 0 Å². The molecule has 0 aliphatic carbocycles. The van der Waals surface area contributed by atoms with Gasteiger partial charge >= 0.3 is 12.2 Å². The number of anilines is 2. The van der Waals surface area contributed by atoms with E-state index in [2.05, 4.69) is 20.9 Å². The summed E-state index contributed by atoms with van der Waals surface area (Å²) in [5.41, 5.74) is -0.325. The van der Waals surface area contributed by atoms with Crippen molar-refractivity contribution in [2.24, 2.45) is 5.92 Å². The number of carbonyl (C=O) groups excluding carboxylic acids is 2. The molecule has 3 saturated heterocycles. The third-order valence-corrected chi connectivity index (χ3v) is 7.52. The fourth-order valence-corrected chi connectivity index (χ4v) is 5.66. The van der Waals surface area contributed by atoms with Crippen LogP contribution in [0.1, 0.15) is 28.1 Å². The van der Waals surface area contributed by atoms with Gasteiger partial charge in [0.05, 0.1) is 10.4 Å². The zero-order chi connectivity index (χ0) is 23.9. The second kappa shape index (κ2) is 8.92. The molecule has 1 aromatic heterocycles. The third kappa shape index (κ3) is 4.88. The summed E-state index contributed by atoms with van der Waals surface area (Å²) in [5.74, 6) is 0.450. The average Bonchev–Trinajstić information content (AvgIpc) is 3.23. The zero-order valence-corrected chi connectivity index (χ0v) is 18.9. The quantitative estimate of drug-likeness (QED) is 0.461. The summed E-state index contributed by atoms with van der Waals surface area (Å²) in [7, 11) is 0. The number of urea groups is 1. The number of halogens is 3. The second-order valence-corrected chi connectivity index (χ2v) is 9.82. The molecule has 3 aliphatic rings. The molecule has 6 rings (SSSR count). The largest absolute Gasteiger partial charge is 0.416 e. The Hall–Kier alpha value is -3.11. The molecule has 178 valence electrons. The van der Waals surface area contributed by atoms with Crippen LogP contribution in [0.25, 0.3) is 10.1 Å². The standard InChI is InChI=1S/C24H23F3N4O2S/c25-24(26,27)16-2-1-3-17(11-16)28-23(33)29-18-5-4-15-10-21(34-20(15)12-18)22(32)30-19-13-31-8-6-14(19)7-9-31/h1-5,10-12,14,19H,6-9,13H2,(H,30,32)(H2,28,29,33). The lowest BCUT2D eigenvalue weighted by Crippen LogP contribution is -2.57. The van der Waals surface area contributed by atoms with Crippen molar-refractivity contribution in [2.75, 3.05) is 30.3 Å². The minimum Gasteiger partial charge on any atom is -0.347 e. The van der Waals surface area contributed by atoms with Crippen molar-refractivity contribution in [3.05, 3.63) is 59.0 Å². The Bertz CT molecular complexity index is 1230. The number of thiophene rings is 1. The Labute approximate surface area is 198 Å². The molecule has 3 amide bonds. The fourth-order valence-electron chi connectivity index (χ4n) is 4.66. The zero-order valence-electron chi connectivity index (χ0n) is 18.1. The fraction of sp³-hybridized carbons (Fsp3) is 0.333. The van der Waals surface area contributed by atoms with E-state index in [4.69, 9.17) is 0 Å². The molecule has 1 unspecified atom stereocenters. The molecule has 4 heterocycles. The Morgan fingerprint density at radius 2 is 1.71 bits per heavy atom. The summed E-state index contributed by atoms with van der Waals surface area (Å²) < 4.78 is 39.4. The minimum absolute atomic E-state index is 0.0382. The van der Waals surface area contributed by atoms with Gasteiger partial charge in [0, 0.05) is 28.7 Å². The highest BCUT2D eigenvalue weighted by Crippen LogP contribution is 2.32. The lowest BCUT2D eigenvalue weighted by atomic mass is 9.84. The molecule has 3 N–H and O–H groups in total. The van der Waals surface area contributed by atoms with Crippen LogP contribution in [0.2, 0.25) is 0 Å². The highest BCUT2D eigenvalue weighted by Gasteiger charge is 2.35. The molecule has 3 fully saturated rings. The van der Waals surface area contributed by atoms with Gasteiger partial charge in [-0.3, -0.25) is 4.79 Å². The molecule has 0 spiro atoms. The molecular weight excluding hydrogens is 465 g/mol. The molecule has 3 aromatic rings. The van der Waals surface area contributed by atoms with Crippen molar-refractivity contribution in [3.8, 4) is 0 Å². The summed E-state index contributed by atoms with van der Waals surface area (Å²) in [6.45, 7) is 3.12. The van der Waals surface area contributed by atoms with E-state index < -0.39 is 17.8 Å². The van der Waals surface area contributed by atoms with E-state index in [1.54, 1.807) is 18.2 Å². The number of nitrogens with zero attached hydrogens (tertiary/aromatic N) is 1. The van der Waals surface area contributed by atoms with Gasteiger partial charge in [0.2, 0.25) is 0 Å². The predicted octanol–water partition coefficient (Wildman–Crippen LogP) is 5.39. The van der Waals surface area contributed by atoms with Crippen LogP contribution >= 0.6 is 11.3 Å². The second-order valence-electron chi connectivity index (χ2n) is 8.74. The van der Waals surface area contributed by atoms with Crippen LogP contribution in [0.5, 0.6) is 0 Å². The number of carbonyl (C=O) groups is 2. The smallest absolute Gasteiger partial charge is 0.347 e. The van der Waals surface area contributed by atoms with Gasteiger partial charge in [0.15, 0.2) is 0 Å². The van der Waals surface area contributed by atoms with E-state index in [1.165, 1.54) is 23.5 Å². The van der Waals surface area contributed by atoms with Crippen LogP contribution in [-0.2, 0) is 6.18 Å². The number of amides is 3. The van der Waals surface area contributed by atoms with Crippen LogP contribution in [0, 0.1) is 5.92 Å². The van der Waals surface area contributed by atoms with Gasteiger partial charge in [-0.25, -0.2) is 4.79 Å². The maximum absolute atomic E-state index is 12.9. The maximum atomic E-state index is 12.9. The molecule has 0 saturated carbocycles. The van der Waals surface area contributed by atoms with Gasteiger partial charge in [0.25, 0.3) is 5.91 Å². The number of benzene rings is 2. The van der Waals surface area contributed by atoms with E-state index in [0.29, 0.717) is 16.5 Å². The van der Waals surface area contributed by atoms with E-state index in [9.17, 15) is 22.8 Å². The number of nitrogens with one attached hydrogen (secondary N) is 3. The van der Waals surface area contributed by atoms with E-state index >= 15 is 0 Å². The van der Waals surface area contributed by atoms with E-state index in [-0.39, 0.29) is 17.6 Å². The normalized spacial score (nSPS) is 21.9. The summed E-state index contributed by atoms with van der Waals surface area (Å²) in [6, 6.07) is 11.0. The number of hydrogen-bond acceptors (Lipinski definition) is 4. The maximum Gasteiger partial charge on any atom is 0.416 e.